The first-order valence-electron chi connectivity index (χ1n) is 8.79. The van der Waals surface area contributed by atoms with E-state index in [0.29, 0.717) is 13.2 Å². The van der Waals surface area contributed by atoms with Crippen LogP contribution in [0.5, 0.6) is 0 Å². The van der Waals surface area contributed by atoms with Gasteiger partial charge in [0.1, 0.15) is 5.01 Å². The van der Waals surface area contributed by atoms with Crippen molar-refractivity contribution in [2.45, 2.75) is 12.8 Å². The molecule has 1 aliphatic heterocycles. The number of carbonyl (C=O) groups excluding carboxylic acids is 1. The molecule has 1 saturated heterocycles. The molecular weight excluding hydrogens is 344 g/mol. The second-order valence-corrected chi connectivity index (χ2v) is 7.22. The maximum absolute atomic E-state index is 12.4. The van der Waals surface area contributed by atoms with E-state index in [1.54, 1.807) is 11.3 Å². The Hall–Kier alpha value is -2.50. The van der Waals surface area contributed by atoms with Gasteiger partial charge in [0, 0.05) is 41.3 Å². The van der Waals surface area contributed by atoms with E-state index in [0.717, 1.165) is 40.4 Å². The van der Waals surface area contributed by atoms with Crippen LogP contribution >= 0.6 is 11.3 Å². The fourth-order valence-electron chi connectivity index (χ4n) is 3.08. The van der Waals surface area contributed by atoms with E-state index in [1.165, 1.54) is 0 Å². The molecule has 1 aromatic heterocycles. The van der Waals surface area contributed by atoms with E-state index in [-0.39, 0.29) is 11.8 Å². The predicted octanol–water partition coefficient (Wildman–Crippen LogP) is 4.84. The number of benzene rings is 2. The molecule has 2 aromatic carbocycles. The summed E-state index contributed by atoms with van der Waals surface area (Å²) in [5, 5.41) is 6.10. The second-order valence-electron chi connectivity index (χ2n) is 6.36. The molecule has 0 bridgehead atoms. The van der Waals surface area contributed by atoms with Gasteiger partial charge in [0.15, 0.2) is 0 Å². The number of ether oxygens (including phenoxy) is 1. The van der Waals surface area contributed by atoms with Crippen LogP contribution in [0.4, 0.5) is 5.69 Å². The highest BCUT2D eigenvalue weighted by atomic mass is 32.1. The Morgan fingerprint density at radius 3 is 2.62 bits per heavy atom. The number of nitrogens with one attached hydrogen (secondary N) is 1. The molecule has 0 saturated carbocycles. The van der Waals surface area contributed by atoms with Crippen molar-refractivity contribution in [3.8, 4) is 21.8 Å². The van der Waals surface area contributed by atoms with E-state index in [1.807, 2.05) is 42.5 Å². The van der Waals surface area contributed by atoms with E-state index < -0.39 is 0 Å². The average molecular weight is 364 g/mol. The summed E-state index contributed by atoms with van der Waals surface area (Å²) in [5.74, 6) is 0.116. The average Bonchev–Trinajstić information content (AvgIpc) is 3.20. The molecule has 0 radical (unpaired) electrons. The Balaban J connectivity index is 1.51. The number of amides is 1. The van der Waals surface area contributed by atoms with Crippen LogP contribution in [-0.4, -0.2) is 24.1 Å². The van der Waals surface area contributed by atoms with Gasteiger partial charge >= 0.3 is 0 Å². The van der Waals surface area contributed by atoms with Crippen LogP contribution in [0.2, 0.25) is 0 Å². The highest BCUT2D eigenvalue weighted by molar-refractivity contribution is 7.13. The lowest BCUT2D eigenvalue weighted by Crippen LogP contribution is -2.28. The van der Waals surface area contributed by atoms with Gasteiger partial charge in [0.05, 0.1) is 5.69 Å². The smallest absolute Gasteiger partial charge is 0.227 e. The van der Waals surface area contributed by atoms with Crippen LogP contribution in [0.15, 0.2) is 60.0 Å². The quantitative estimate of drug-likeness (QED) is 0.720. The zero-order chi connectivity index (χ0) is 17.8. The van der Waals surface area contributed by atoms with Crippen LogP contribution in [0, 0.1) is 5.92 Å². The summed E-state index contributed by atoms with van der Waals surface area (Å²) in [7, 11) is 0. The second kappa shape index (κ2) is 7.81. The van der Waals surface area contributed by atoms with Gasteiger partial charge in [-0.2, -0.15) is 0 Å². The highest BCUT2D eigenvalue weighted by Crippen LogP contribution is 2.30. The molecule has 0 atom stereocenters. The normalized spacial score (nSPS) is 14.9. The molecule has 0 spiro atoms. The van der Waals surface area contributed by atoms with Gasteiger partial charge in [-0.25, -0.2) is 4.98 Å². The van der Waals surface area contributed by atoms with E-state index in [2.05, 4.69) is 22.8 Å². The fourth-order valence-corrected chi connectivity index (χ4v) is 3.92. The largest absolute Gasteiger partial charge is 0.381 e. The molecule has 1 aliphatic rings. The zero-order valence-electron chi connectivity index (χ0n) is 14.4. The summed E-state index contributed by atoms with van der Waals surface area (Å²) >= 11 is 1.63. The third-order valence-corrected chi connectivity index (χ3v) is 5.43. The summed E-state index contributed by atoms with van der Waals surface area (Å²) in [5.41, 5.74) is 3.87. The van der Waals surface area contributed by atoms with Crippen molar-refractivity contribution in [1.82, 2.24) is 4.98 Å². The topological polar surface area (TPSA) is 51.2 Å². The van der Waals surface area contributed by atoms with Crippen molar-refractivity contribution in [2.75, 3.05) is 18.5 Å². The summed E-state index contributed by atoms with van der Waals surface area (Å²) in [6.45, 7) is 1.33. The number of anilines is 1. The zero-order valence-corrected chi connectivity index (χ0v) is 15.2. The molecule has 1 amide bonds. The third kappa shape index (κ3) is 3.84. The Kier molecular flexibility index (Phi) is 5.09. The maximum Gasteiger partial charge on any atom is 0.227 e. The minimum absolute atomic E-state index is 0.0383. The number of aromatic nitrogens is 1. The number of thiazole rings is 1. The number of rotatable bonds is 4. The maximum atomic E-state index is 12.4. The lowest BCUT2D eigenvalue weighted by Gasteiger charge is -2.21. The van der Waals surface area contributed by atoms with Crippen molar-refractivity contribution < 1.29 is 9.53 Å². The van der Waals surface area contributed by atoms with Crippen LogP contribution in [0.3, 0.4) is 0 Å². The van der Waals surface area contributed by atoms with Crippen LogP contribution in [-0.2, 0) is 9.53 Å². The number of nitrogens with zero attached hydrogens (tertiary/aromatic N) is 1. The molecule has 5 heteroatoms. The van der Waals surface area contributed by atoms with Gasteiger partial charge in [-0.3, -0.25) is 4.79 Å². The van der Waals surface area contributed by atoms with Crippen molar-refractivity contribution >= 4 is 22.9 Å². The first-order chi connectivity index (χ1) is 12.8. The van der Waals surface area contributed by atoms with Crippen LogP contribution in [0.25, 0.3) is 21.8 Å². The van der Waals surface area contributed by atoms with Crippen molar-refractivity contribution in [3.63, 3.8) is 0 Å². The molecule has 1 fully saturated rings. The Morgan fingerprint density at radius 2 is 1.81 bits per heavy atom. The third-order valence-electron chi connectivity index (χ3n) is 4.54. The molecule has 2 heterocycles. The standard InChI is InChI=1S/C21H20N2O2S/c24-20(15-9-11-25-12-10-15)22-18-8-4-7-17(13-18)19-14-26-21(23-19)16-5-2-1-3-6-16/h1-8,13-15H,9-12H2,(H,22,24). The first kappa shape index (κ1) is 16.9. The van der Waals surface area contributed by atoms with Crippen molar-refractivity contribution in [2.24, 2.45) is 5.92 Å². The van der Waals surface area contributed by atoms with E-state index in [9.17, 15) is 4.79 Å². The Bertz CT molecular complexity index is 886. The predicted molar refractivity (Wildman–Crippen MR) is 105 cm³/mol. The van der Waals surface area contributed by atoms with Gasteiger partial charge in [-0.1, -0.05) is 42.5 Å². The number of hydrogen-bond donors (Lipinski definition) is 1. The molecule has 4 nitrogen and oxygen atoms in total. The fraction of sp³-hybridized carbons (Fsp3) is 0.238. The van der Waals surface area contributed by atoms with E-state index >= 15 is 0 Å². The summed E-state index contributed by atoms with van der Waals surface area (Å²) in [4.78, 5) is 17.2. The van der Waals surface area contributed by atoms with Crippen LogP contribution < -0.4 is 5.32 Å². The molecule has 0 aliphatic carbocycles. The van der Waals surface area contributed by atoms with Crippen molar-refractivity contribution in [1.29, 1.82) is 0 Å². The van der Waals surface area contributed by atoms with E-state index in [4.69, 9.17) is 9.72 Å². The summed E-state index contributed by atoms with van der Waals surface area (Å²) < 4.78 is 5.33. The molecular formula is C21H20N2O2S. The van der Waals surface area contributed by atoms with Crippen molar-refractivity contribution in [3.05, 3.63) is 60.0 Å². The minimum atomic E-state index is 0.0383. The SMILES string of the molecule is O=C(Nc1cccc(-c2csc(-c3ccccc3)n2)c1)C1CCOCC1. The summed E-state index contributed by atoms with van der Waals surface area (Å²) in [6.07, 6.45) is 1.58. The minimum Gasteiger partial charge on any atom is -0.381 e. The van der Waals surface area contributed by atoms with Crippen LogP contribution in [0.1, 0.15) is 12.8 Å². The number of hydrogen-bond acceptors (Lipinski definition) is 4. The molecule has 3 aromatic rings. The molecule has 26 heavy (non-hydrogen) atoms. The van der Waals surface area contributed by atoms with Gasteiger partial charge in [0.2, 0.25) is 5.91 Å². The molecule has 0 unspecified atom stereocenters. The molecule has 1 N–H and O–H groups in total. The highest BCUT2D eigenvalue weighted by Gasteiger charge is 2.21. The first-order valence-corrected chi connectivity index (χ1v) is 9.67. The number of carbonyl (C=O) groups is 1. The Morgan fingerprint density at radius 1 is 1.04 bits per heavy atom. The molecule has 4 rings (SSSR count). The lowest BCUT2D eigenvalue weighted by molar-refractivity contribution is -0.122. The van der Waals surface area contributed by atoms with Gasteiger partial charge in [-0.05, 0) is 25.0 Å². The lowest BCUT2D eigenvalue weighted by atomic mass is 9.99. The monoisotopic (exact) mass is 364 g/mol. The summed E-state index contributed by atoms with van der Waals surface area (Å²) in [6, 6.07) is 18.0. The molecule has 132 valence electrons. The Labute approximate surface area is 156 Å². The van der Waals surface area contributed by atoms with Gasteiger partial charge < -0.3 is 10.1 Å². The van der Waals surface area contributed by atoms with Gasteiger partial charge in [-0.15, -0.1) is 11.3 Å². The van der Waals surface area contributed by atoms with Gasteiger partial charge in [0.25, 0.3) is 0 Å².